The number of amides is 1. The molecule has 0 radical (unpaired) electrons. The van der Waals surface area contributed by atoms with E-state index >= 15 is 0 Å². The highest BCUT2D eigenvalue weighted by Gasteiger charge is 2.46. The van der Waals surface area contributed by atoms with Crippen molar-refractivity contribution in [1.82, 2.24) is 4.90 Å². The standard InChI is InChI=1S/C13H24N2O/c1-3-10-6-8-15(9-10)12(16)13(2)7-4-5-11(13)14/h10-11H,3-9,14H2,1-2H3. The van der Waals surface area contributed by atoms with Crippen molar-refractivity contribution < 1.29 is 4.79 Å². The van der Waals surface area contributed by atoms with Gasteiger partial charge in [0.25, 0.3) is 0 Å². The fourth-order valence-corrected chi connectivity index (χ4v) is 3.17. The van der Waals surface area contributed by atoms with Gasteiger partial charge >= 0.3 is 0 Å². The SMILES string of the molecule is CCC1CCN(C(=O)C2(C)CCCC2N)C1. The molecule has 1 saturated heterocycles. The number of nitrogens with two attached hydrogens (primary N) is 1. The molecule has 0 bridgehead atoms. The van der Waals surface area contributed by atoms with Crippen LogP contribution in [0.5, 0.6) is 0 Å². The maximum absolute atomic E-state index is 12.5. The minimum atomic E-state index is -0.275. The largest absolute Gasteiger partial charge is 0.342 e. The first-order valence-electron chi connectivity index (χ1n) is 6.63. The molecular weight excluding hydrogens is 200 g/mol. The Morgan fingerprint density at radius 2 is 2.25 bits per heavy atom. The second-order valence-corrected chi connectivity index (χ2v) is 5.73. The minimum absolute atomic E-state index is 0.0701. The van der Waals surface area contributed by atoms with E-state index in [4.69, 9.17) is 5.73 Å². The van der Waals surface area contributed by atoms with Crippen LogP contribution < -0.4 is 5.73 Å². The first-order chi connectivity index (χ1) is 7.58. The number of carbonyl (C=O) groups is 1. The molecule has 16 heavy (non-hydrogen) atoms. The molecule has 0 aromatic rings. The second kappa shape index (κ2) is 4.36. The highest BCUT2D eigenvalue weighted by atomic mass is 16.2. The van der Waals surface area contributed by atoms with Gasteiger partial charge < -0.3 is 10.6 Å². The first kappa shape index (κ1) is 11.9. The van der Waals surface area contributed by atoms with Crippen molar-refractivity contribution in [2.24, 2.45) is 17.1 Å². The summed E-state index contributed by atoms with van der Waals surface area (Å²) in [6.45, 7) is 6.17. The Kier molecular flexibility index (Phi) is 3.24. The molecular formula is C13H24N2O. The molecule has 2 rings (SSSR count). The number of likely N-dealkylation sites (tertiary alicyclic amines) is 1. The Morgan fingerprint density at radius 1 is 1.50 bits per heavy atom. The Bertz CT molecular complexity index is 279. The Morgan fingerprint density at radius 3 is 2.75 bits per heavy atom. The summed E-state index contributed by atoms with van der Waals surface area (Å²) in [4.78, 5) is 14.5. The van der Waals surface area contributed by atoms with Crippen molar-refractivity contribution in [2.75, 3.05) is 13.1 Å². The van der Waals surface area contributed by atoms with Gasteiger partial charge in [-0.2, -0.15) is 0 Å². The van der Waals surface area contributed by atoms with Gasteiger partial charge in [-0.15, -0.1) is 0 Å². The summed E-state index contributed by atoms with van der Waals surface area (Å²) in [6, 6.07) is 0.0701. The van der Waals surface area contributed by atoms with Crippen LogP contribution >= 0.6 is 0 Å². The van der Waals surface area contributed by atoms with E-state index in [2.05, 4.69) is 18.7 Å². The molecule has 1 saturated carbocycles. The van der Waals surface area contributed by atoms with E-state index in [9.17, 15) is 4.79 Å². The summed E-state index contributed by atoms with van der Waals surface area (Å²) < 4.78 is 0. The topological polar surface area (TPSA) is 46.3 Å². The van der Waals surface area contributed by atoms with Crippen molar-refractivity contribution in [3.8, 4) is 0 Å². The molecule has 3 heteroatoms. The number of carbonyl (C=O) groups excluding carboxylic acids is 1. The third kappa shape index (κ3) is 1.86. The van der Waals surface area contributed by atoms with Crippen LogP contribution in [-0.2, 0) is 4.79 Å². The van der Waals surface area contributed by atoms with Gasteiger partial charge in [-0.05, 0) is 32.1 Å². The van der Waals surface area contributed by atoms with E-state index in [-0.39, 0.29) is 11.5 Å². The number of rotatable bonds is 2. The van der Waals surface area contributed by atoms with Crippen LogP contribution in [0.2, 0.25) is 0 Å². The minimum Gasteiger partial charge on any atom is -0.342 e. The van der Waals surface area contributed by atoms with Gasteiger partial charge in [0.05, 0.1) is 5.41 Å². The van der Waals surface area contributed by atoms with Crippen LogP contribution in [-0.4, -0.2) is 29.9 Å². The lowest BCUT2D eigenvalue weighted by molar-refractivity contribution is -0.140. The van der Waals surface area contributed by atoms with E-state index in [1.807, 2.05) is 0 Å². The van der Waals surface area contributed by atoms with Crippen molar-refractivity contribution in [1.29, 1.82) is 0 Å². The van der Waals surface area contributed by atoms with Gasteiger partial charge in [0.1, 0.15) is 0 Å². The summed E-state index contributed by atoms with van der Waals surface area (Å²) in [6.07, 6.45) is 5.45. The maximum atomic E-state index is 12.5. The van der Waals surface area contributed by atoms with Crippen molar-refractivity contribution in [3.05, 3.63) is 0 Å². The van der Waals surface area contributed by atoms with E-state index in [0.717, 1.165) is 32.4 Å². The highest BCUT2D eigenvalue weighted by Crippen LogP contribution is 2.39. The molecule has 3 nitrogen and oxygen atoms in total. The monoisotopic (exact) mass is 224 g/mol. The van der Waals surface area contributed by atoms with Gasteiger partial charge in [-0.25, -0.2) is 0 Å². The molecule has 2 fully saturated rings. The number of nitrogens with zero attached hydrogens (tertiary/aromatic N) is 1. The molecule has 2 N–H and O–H groups in total. The molecule has 1 amide bonds. The van der Waals surface area contributed by atoms with E-state index in [1.54, 1.807) is 0 Å². The number of hydrogen-bond donors (Lipinski definition) is 1. The summed E-state index contributed by atoms with van der Waals surface area (Å²) in [5, 5.41) is 0. The van der Waals surface area contributed by atoms with Crippen LogP contribution in [0.4, 0.5) is 0 Å². The predicted molar refractivity (Wildman–Crippen MR) is 64.9 cm³/mol. The Balaban J connectivity index is 2.02. The summed E-state index contributed by atoms with van der Waals surface area (Å²) in [5.74, 6) is 1.03. The molecule has 3 unspecified atom stereocenters. The van der Waals surface area contributed by atoms with Crippen LogP contribution in [0.25, 0.3) is 0 Å². The third-order valence-electron chi connectivity index (χ3n) is 4.67. The van der Waals surface area contributed by atoms with Gasteiger partial charge in [0.2, 0.25) is 5.91 Å². The van der Waals surface area contributed by atoms with Crippen molar-refractivity contribution in [2.45, 2.75) is 52.0 Å². The predicted octanol–water partition coefficient (Wildman–Crippen LogP) is 1.76. The Hall–Kier alpha value is -0.570. The summed E-state index contributed by atoms with van der Waals surface area (Å²) in [7, 11) is 0. The summed E-state index contributed by atoms with van der Waals surface area (Å²) in [5.41, 5.74) is 5.83. The number of hydrogen-bond acceptors (Lipinski definition) is 2. The van der Waals surface area contributed by atoms with Crippen molar-refractivity contribution >= 4 is 5.91 Å². The lowest BCUT2D eigenvalue weighted by Gasteiger charge is -2.32. The zero-order valence-electron chi connectivity index (χ0n) is 10.5. The molecule has 1 aliphatic carbocycles. The molecule has 1 aliphatic heterocycles. The first-order valence-corrected chi connectivity index (χ1v) is 6.63. The smallest absolute Gasteiger partial charge is 0.230 e. The van der Waals surface area contributed by atoms with E-state index in [1.165, 1.54) is 12.8 Å². The van der Waals surface area contributed by atoms with Crippen LogP contribution in [0.15, 0.2) is 0 Å². The molecule has 0 aromatic heterocycles. The molecule has 0 spiro atoms. The van der Waals surface area contributed by atoms with Crippen LogP contribution in [0, 0.1) is 11.3 Å². The third-order valence-corrected chi connectivity index (χ3v) is 4.67. The van der Waals surface area contributed by atoms with Gasteiger partial charge in [0, 0.05) is 19.1 Å². The average molecular weight is 224 g/mol. The van der Waals surface area contributed by atoms with E-state index in [0.29, 0.717) is 11.8 Å². The molecule has 2 aliphatic rings. The maximum Gasteiger partial charge on any atom is 0.230 e. The zero-order valence-corrected chi connectivity index (χ0v) is 10.5. The average Bonchev–Trinajstić information content (AvgIpc) is 2.86. The lowest BCUT2D eigenvalue weighted by Crippen LogP contribution is -2.48. The van der Waals surface area contributed by atoms with E-state index < -0.39 is 0 Å². The molecule has 0 aromatic carbocycles. The van der Waals surface area contributed by atoms with Gasteiger partial charge in [-0.1, -0.05) is 19.8 Å². The highest BCUT2D eigenvalue weighted by molar-refractivity contribution is 5.83. The fourth-order valence-electron chi connectivity index (χ4n) is 3.17. The Labute approximate surface area is 98.4 Å². The molecule has 92 valence electrons. The molecule has 3 atom stereocenters. The quantitative estimate of drug-likeness (QED) is 0.777. The molecule has 1 heterocycles. The van der Waals surface area contributed by atoms with Crippen LogP contribution in [0.3, 0.4) is 0 Å². The normalized spacial score (nSPS) is 39.3. The second-order valence-electron chi connectivity index (χ2n) is 5.73. The lowest BCUT2D eigenvalue weighted by atomic mass is 9.83. The zero-order chi connectivity index (χ0) is 11.8. The van der Waals surface area contributed by atoms with Crippen molar-refractivity contribution in [3.63, 3.8) is 0 Å². The van der Waals surface area contributed by atoms with Gasteiger partial charge in [-0.3, -0.25) is 4.79 Å². The van der Waals surface area contributed by atoms with Gasteiger partial charge in [0.15, 0.2) is 0 Å². The fraction of sp³-hybridized carbons (Fsp3) is 0.923. The summed E-state index contributed by atoms with van der Waals surface area (Å²) >= 11 is 0. The van der Waals surface area contributed by atoms with Crippen LogP contribution in [0.1, 0.15) is 46.0 Å².